The molecule has 3 amide bonds. The van der Waals surface area contributed by atoms with E-state index in [9.17, 15) is 14.4 Å². The smallest absolute Gasteiger partial charge is 0.329 e. The zero-order chi connectivity index (χ0) is 21.2. The quantitative estimate of drug-likeness (QED) is 0.574. The van der Waals surface area contributed by atoms with Crippen molar-refractivity contribution in [1.29, 1.82) is 0 Å². The minimum absolute atomic E-state index is 0.224. The fraction of sp³-hybridized carbons (Fsp3) is 0.286. The predicted molar refractivity (Wildman–Crippen MR) is 111 cm³/mol. The largest absolute Gasteiger partial charge is 0.454 e. The lowest BCUT2D eigenvalue weighted by molar-refractivity contribution is -0.151. The van der Waals surface area contributed by atoms with Crippen molar-refractivity contribution in [3.63, 3.8) is 0 Å². The molecule has 0 aromatic heterocycles. The Bertz CT molecular complexity index is 843. The molecular weight excluding hydrogens is 394 g/mol. The van der Waals surface area contributed by atoms with Crippen LogP contribution in [0.15, 0.2) is 54.6 Å². The van der Waals surface area contributed by atoms with Gasteiger partial charge in [-0.15, -0.1) is 0 Å². The molecule has 2 rings (SSSR count). The van der Waals surface area contributed by atoms with Crippen LogP contribution < -0.4 is 16.0 Å². The fourth-order valence-corrected chi connectivity index (χ4v) is 2.67. The van der Waals surface area contributed by atoms with Crippen molar-refractivity contribution < 1.29 is 19.1 Å². The topological polar surface area (TPSA) is 96.5 Å². The third kappa shape index (κ3) is 7.83. The van der Waals surface area contributed by atoms with E-state index in [4.69, 9.17) is 16.3 Å². The molecule has 0 spiro atoms. The van der Waals surface area contributed by atoms with Gasteiger partial charge in [0.25, 0.3) is 5.91 Å². The van der Waals surface area contributed by atoms with Crippen LogP contribution in [0.2, 0.25) is 5.02 Å². The van der Waals surface area contributed by atoms with Crippen LogP contribution in [0.1, 0.15) is 19.4 Å². The van der Waals surface area contributed by atoms with Crippen LogP contribution >= 0.6 is 11.6 Å². The maximum Gasteiger partial charge on any atom is 0.329 e. The van der Waals surface area contributed by atoms with Crippen molar-refractivity contribution in [3.8, 4) is 0 Å². The van der Waals surface area contributed by atoms with Crippen LogP contribution in [0.25, 0.3) is 0 Å². The number of para-hydroxylation sites is 1. The second-order valence-electron chi connectivity index (χ2n) is 6.70. The highest BCUT2D eigenvalue weighted by Gasteiger charge is 2.26. The van der Waals surface area contributed by atoms with Gasteiger partial charge in [0.15, 0.2) is 6.61 Å². The number of rotatable bonds is 8. The first-order valence-corrected chi connectivity index (χ1v) is 9.53. The maximum atomic E-state index is 12.3. The summed E-state index contributed by atoms with van der Waals surface area (Å²) in [6, 6.07) is 14.5. The number of benzene rings is 2. The molecule has 0 bridgehead atoms. The minimum Gasteiger partial charge on any atom is -0.454 e. The molecule has 0 radical (unpaired) electrons. The zero-order valence-corrected chi connectivity index (χ0v) is 17.0. The summed E-state index contributed by atoms with van der Waals surface area (Å²) in [5.41, 5.74) is 1.43. The lowest BCUT2D eigenvalue weighted by Crippen LogP contribution is -2.47. The number of ether oxygens (including phenoxy) is 1. The Morgan fingerprint density at radius 1 is 1.03 bits per heavy atom. The highest BCUT2D eigenvalue weighted by molar-refractivity contribution is 6.30. The Morgan fingerprint density at radius 2 is 1.76 bits per heavy atom. The van der Waals surface area contributed by atoms with E-state index >= 15 is 0 Å². The van der Waals surface area contributed by atoms with Crippen molar-refractivity contribution in [1.82, 2.24) is 10.6 Å². The maximum absolute atomic E-state index is 12.3. The van der Waals surface area contributed by atoms with Gasteiger partial charge in [-0.3, -0.25) is 4.79 Å². The van der Waals surface area contributed by atoms with E-state index in [1.165, 1.54) is 0 Å². The van der Waals surface area contributed by atoms with E-state index in [2.05, 4.69) is 16.0 Å². The number of carbonyl (C=O) groups excluding carboxylic acids is 3. The van der Waals surface area contributed by atoms with Gasteiger partial charge < -0.3 is 20.7 Å². The first-order valence-electron chi connectivity index (χ1n) is 9.15. The molecule has 3 N–H and O–H groups in total. The van der Waals surface area contributed by atoms with Crippen LogP contribution in [0.4, 0.5) is 10.5 Å². The highest BCUT2D eigenvalue weighted by atomic mass is 35.5. The molecule has 0 saturated heterocycles. The molecular formula is C21H24ClN3O4. The summed E-state index contributed by atoms with van der Waals surface area (Å²) in [5.74, 6) is -1.35. The van der Waals surface area contributed by atoms with Crippen molar-refractivity contribution in [2.45, 2.75) is 26.4 Å². The van der Waals surface area contributed by atoms with E-state index < -0.39 is 30.6 Å². The standard InChI is InChI=1S/C21H24ClN3O4/c1-14(2)19(25-21(28)24-17-9-4-3-5-10-17)20(27)29-13-18(26)23-12-15-7-6-8-16(22)11-15/h3-11,14,19H,12-13H2,1-2H3,(H,23,26)(H2,24,25,28)/t19-/m1/s1. The van der Waals surface area contributed by atoms with Gasteiger partial charge in [-0.2, -0.15) is 0 Å². The highest BCUT2D eigenvalue weighted by Crippen LogP contribution is 2.10. The Labute approximate surface area is 174 Å². The van der Waals surface area contributed by atoms with Crippen LogP contribution in [-0.4, -0.2) is 30.6 Å². The summed E-state index contributed by atoms with van der Waals surface area (Å²) in [6.45, 7) is 3.37. The van der Waals surface area contributed by atoms with Gasteiger partial charge in [0, 0.05) is 17.3 Å². The van der Waals surface area contributed by atoms with E-state index in [0.717, 1.165) is 5.56 Å². The van der Waals surface area contributed by atoms with Gasteiger partial charge in [0.2, 0.25) is 0 Å². The summed E-state index contributed by atoms with van der Waals surface area (Å²) in [5, 5.41) is 8.44. The van der Waals surface area contributed by atoms with Crippen molar-refractivity contribution >= 4 is 35.2 Å². The number of halogens is 1. The number of esters is 1. The third-order valence-electron chi connectivity index (χ3n) is 3.96. The molecule has 8 heteroatoms. The van der Waals surface area contributed by atoms with E-state index in [1.807, 2.05) is 12.1 Å². The van der Waals surface area contributed by atoms with E-state index in [1.54, 1.807) is 56.3 Å². The molecule has 0 unspecified atom stereocenters. The minimum atomic E-state index is -0.889. The van der Waals surface area contributed by atoms with Gasteiger partial charge >= 0.3 is 12.0 Å². The average molecular weight is 418 g/mol. The second-order valence-corrected chi connectivity index (χ2v) is 7.14. The Balaban J connectivity index is 1.80. The lowest BCUT2D eigenvalue weighted by atomic mass is 10.1. The molecule has 29 heavy (non-hydrogen) atoms. The SMILES string of the molecule is CC(C)[C@@H](NC(=O)Nc1ccccc1)C(=O)OCC(=O)NCc1cccc(Cl)c1. The molecule has 154 valence electrons. The first-order chi connectivity index (χ1) is 13.8. The van der Waals surface area contributed by atoms with Gasteiger partial charge in [-0.1, -0.05) is 55.8 Å². The fourth-order valence-electron chi connectivity index (χ4n) is 2.45. The van der Waals surface area contributed by atoms with Gasteiger partial charge in [0.1, 0.15) is 6.04 Å². The van der Waals surface area contributed by atoms with Crippen LogP contribution in [0.5, 0.6) is 0 Å². The molecule has 0 heterocycles. The number of nitrogens with one attached hydrogen (secondary N) is 3. The normalized spacial score (nSPS) is 11.4. The number of anilines is 1. The Morgan fingerprint density at radius 3 is 2.41 bits per heavy atom. The Kier molecular flexibility index (Phi) is 8.48. The number of amides is 3. The lowest BCUT2D eigenvalue weighted by Gasteiger charge is -2.21. The zero-order valence-electron chi connectivity index (χ0n) is 16.3. The number of carbonyl (C=O) groups is 3. The van der Waals surface area contributed by atoms with Gasteiger partial charge in [-0.05, 0) is 35.7 Å². The average Bonchev–Trinajstić information content (AvgIpc) is 2.69. The Hall–Kier alpha value is -3.06. The van der Waals surface area contributed by atoms with Crippen molar-refractivity contribution in [2.75, 3.05) is 11.9 Å². The summed E-state index contributed by atoms with van der Waals surface area (Å²) >= 11 is 5.90. The molecule has 2 aromatic rings. The van der Waals surface area contributed by atoms with Crippen LogP contribution in [0.3, 0.4) is 0 Å². The van der Waals surface area contributed by atoms with E-state index in [0.29, 0.717) is 10.7 Å². The summed E-state index contributed by atoms with van der Waals surface area (Å²) in [6.07, 6.45) is 0. The second kappa shape index (κ2) is 11.1. The molecule has 0 saturated carbocycles. The van der Waals surface area contributed by atoms with Crippen molar-refractivity contribution in [2.24, 2.45) is 5.92 Å². The van der Waals surface area contributed by atoms with Crippen LogP contribution in [0, 0.1) is 5.92 Å². The van der Waals surface area contributed by atoms with Crippen LogP contribution in [-0.2, 0) is 20.9 Å². The molecule has 0 aliphatic heterocycles. The number of hydrogen-bond donors (Lipinski definition) is 3. The molecule has 7 nitrogen and oxygen atoms in total. The molecule has 0 fully saturated rings. The summed E-state index contributed by atoms with van der Waals surface area (Å²) in [7, 11) is 0. The third-order valence-corrected chi connectivity index (χ3v) is 4.20. The summed E-state index contributed by atoms with van der Waals surface area (Å²) in [4.78, 5) is 36.4. The summed E-state index contributed by atoms with van der Waals surface area (Å²) < 4.78 is 5.07. The van der Waals surface area contributed by atoms with Crippen molar-refractivity contribution in [3.05, 3.63) is 65.2 Å². The molecule has 0 aliphatic rings. The monoisotopic (exact) mass is 417 g/mol. The molecule has 1 atom stereocenters. The van der Waals surface area contributed by atoms with Gasteiger partial charge in [0.05, 0.1) is 0 Å². The molecule has 2 aromatic carbocycles. The van der Waals surface area contributed by atoms with Gasteiger partial charge in [-0.25, -0.2) is 9.59 Å². The number of urea groups is 1. The first kappa shape index (κ1) is 22.2. The molecule has 0 aliphatic carbocycles. The van der Waals surface area contributed by atoms with E-state index in [-0.39, 0.29) is 12.5 Å². The predicted octanol–water partition coefficient (Wildman–Crippen LogP) is 3.35. The number of hydrogen-bond acceptors (Lipinski definition) is 4.